The second-order valence-corrected chi connectivity index (χ2v) is 2.39. The van der Waals surface area contributed by atoms with Gasteiger partial charge in [0.2, 0.25) is 0 Å². The van der Waals surface area contributed by atoms with E-state index in [1.807, 2.05) is 13.8 Å². The van der Waals surface area contributed by atoms with Crippen molar-refractivity contribution in [2.75, 3.05) is 0 Å². The summed E-state index contributed by atoms with van der Waals surface area (Å²) in [5, 5.41) is 3.79. The molecular formula is C8H11N3. The van der Waals surface area contributed by atoms with Crippen LogP contribution in [0, 0.1) is 0 Å². The fourth-order valence-electron chi connectivity index (χ4n) is 0.733. The lowest BCUT2D eigenvalue weighted by Gasteiger charge is -2.06. The van der Waals surface area contributed by atoms with E-state index in [1.54, 1.807) is 6.20 Å². The van der Waals surface area contributed by atoms with Gasteiger partial charge in [-0.2, -0.15) is 5.10 Å². The normalized spacial score (nSPS) is 30.2. The Morgan fingerprint density at radius 2 is 2.18 bits per heavy atom. The maximum Gasteiger partial charge on any atom is 0.135 e. The van der Waals surface area contributed by atoms with E-state index < -0.39 is 0 Å². The van der Waals surface area contributed by atoms with Gasteiger partial charge in [-0.25, -0.2) is 4.99 Å². The molecule has 0 bridgehead atoms. The molecule has 0 radical (unpaired) electrons. The van der Waals surface area contributed by atoms with Crippen molar-refractivity contribution >= 4 is 12.1 Å². The molecule has 0 spiro atoms. The molecular weight excluding hydrogens is 138 g/mol. The van der Waals surface area contributed by atoms with Crippen LogP contribution < -0.4 is 5.43 Å². The number of rotatable bonds is 0. The van der Waals surface area contributed by atoms with Crippen molar-refractivity contribution in [3.8, 4) is 0 Å². The van der Waals surface area contributed by atoms with Crippen molar-refractivity contribution in [3.63, 3.8) is 0 Å². The quantitative estimate of drug-likeness (QED) is 0.556. The zero-order chi connectivity index (χ0) is 8.27. The number of nitrogens with zero attached hydrogens (tertiary/aromatic N) is 2. The number of hydrazone groups is 1. The van der Waals surface area contributed by atoms with Gasteiger partial charge in [-0.1, -0.05) is 6.58 Å². The Kier molecular flexibility index (Phi) is 2.21. The molecule has 0 saturated carbocycles. The molecule has 3 heteroatoms. The van der Waals surface area contributed by atoms with Crippen LogP contribution in [0.2, 0.25) is 0 Å². The standard InChI is InChI=1S/C8H11N3/c1-6-4-10-11-5-9-8(3)7(6)2/h4-5,10H,2H2,1,3H3/b6-4-,9-8-,11-5-. The van der Waals surface area contributed by atoms with E-state index in [4.69, 9.17) is 0 Å². The van der Waals surface area contributed by atoms with Crippen molar-refractivity contribution in [1.29, 1.82) is 0 Å². The molecule has 0 atom stereocenters. The molecule has 0 aromatic rings. The summed E-state index contributed by atoms with van der Waals surface area (Å²) >= 11 is 0. The van der Waals surface area contributed by atoms with Gasteiger partial charge in [0.25, 0.3) is 0 Å². The van der Waals surface area contributed by atoms with E-state index in [0.29, 0.717) is 0 Å². The van der Waals surface area contributed by atoms with Gasteiger partial charge in [0.05, 0.1) is 0 Å². The fourth-order valence-corrected chi connectivity index (χ4v) is 0.733. The van der Waals surface area contributed by atoms with Crippen LogP contribution in [-0.4, -0.2) is 12.1 Å². The molecule has 1 aliphatic rings. The molecule has 0 amide bonds. The lowest BCUT2D eigenvalue weighted by Crippen LogP contribution is -2.05. The lowest BCUT2D eigenvalue weighted by molar-refractivity contribution is 0.957. The predicted octanol–water partition coefficient (Wildman–Crippen LogP) is 1.45. The summed E-state index contributed by atoms with van der Waals surface area (Å²) in [5.74, 6) is 0. The molecule has 1 heterocycles. The minimum atomic E-state index is 0.906. The molecule has 1 N–H and O–H groups in total. The van der Waals surface area contributed by atoms with E-state index in [2.05, 4.69) is 22.1 Å². The Labute approximate surface area is 66.2 Å². The first-order valence-corrected chi connectivity index (χ1v) is 3.39. The third kappa shape index (κ3) is 1.77. The summed E-state index contributed by atoms with van der Waals surface area (Å²) in [6, 6.07) is 0. The van der Waals surface area contributed by atoms with Gasteiger partial charge >= 0.3 is 0 Å². The monoisotopic (exact) mass is 149 g/mol. The van der Waals surface area contributed by atoms with Crippen molar-refractivity contribution in [1.82, 2.24) is 5.43 Å². The van der Waals surface area contributed by atoms with Crippen LogP contribution in [0.4, 0.5) is 0 Å². The highest BCUT2D eigenvalue weighted by Gasteiger charge is 2.00. The van der Waals surface area contributed by atoms with Crippen LogP contribution in [0.3, 0.4) is 0 Å². The van der Waals surface area contributed by atoms with Crippen LogP contribution >= 0.6 is 0 Å². The molecule has 0 aromatic carbocycles. The molecule has 0 unspecified atom stereocenters. The maximum atomic E-state index is 4.04. The molecule has 0 fully saturated rings. The van der Waals surface area contributed by atoms with Gasteiger partial charge in [-0.15, -0.1) is 0 Å². The summed E-state index contributed by atoms with van der Waals surface area (Å²) in [4.78, 5) is 4.04. The van der Waals surface area contributed by atoms with E-state index >= 15 is 0 Å². The Morgan fingerprint density at radius 3 is 2.91 bits per heavy atom. The van der Waals surface area contributed by atoms with Gasteiger partial charge in [0.1, 0.15) is 6.34 Å². The third-order valence-electron chi connectivity index (χ3n) is 1.58. The molecule has 1 aliphatic heterocycles. The number of hydrogen-bond donors (Lipinski definition) is 1. The van der Waals surface area contributed by atoms with Crippen molar-refractivity contribution in [3.05, 3.63) is 23.9 Å². The molecule has 3 nitrogen and oxygen atoms in total. The van der Waals surface area contributed by atoms with Gasteiger partial charge in [-0.05, 0) is 25.0 Å². The zero-order valence-corrected chi connectivity index (χ0v) is 6.76. The fraction of sp³-hybridized carbons (Fsp3) is 0.250. The minimum Gasteiger partial charge on any atom is -0.284 e. The Morgan fingerprint density at radius 1 is 1.45 bits per heavy atom. The number of allylic oxidation sites excluding steroid dienone is 2. The van der Waals surface area contributed by atoms with Crippen LogP contribution in [0.25, 0.3) is 0 Å². The summed E-state index contributed by atoms with van der Waals surface area (Å²) in [7, 11) is 0. The topological polar surface area (TPSA) is 36.8 Å². The number of hydrogen-bond acceptors (Lipinski definition) is 3. The van der Waals surface area contributed by atoms with Crippen molar-refractivity contribution in [2.45, 2.75) is 13.8 Å². The lowest BCUT2D eigenvalue weighted by atomic mass is 10.1. The van der Waals surface area contributed by atoms with Crippen LogP contribution in [0.5, 0.6) is 0 Å². The summed E-state index contributed by atoms with van der Waals surface area (Å²) in [6.45, 7) is 7.76. The van der Waals surface area contributed by atoms with Gasteiger partial charge in [0, 0.05) is 11.9 Å². The summed E-state index contributed by atoms with van der Waals surface area (Å²) in [6.07, 6.45) is 3.28. The average Bonchev–Trinajstić information content (AvgIpc) is 2.00. The molecule has 0 aromatic heterocycles. The number of aliphatic imine (C=N–C) groups is 1. The number of nitrogens with one attached hydrogen (secondary N) is 1. The maximum absolute atomic E-state index is 4.04. The van der Waals surface area contributed by atoms with E-state index in [0.717, 1.165) is 16.9 Å². The molecule has 58 valence electrons. The molecule has 0 saturated heterocycles. The van der Waals surface area contributed by atoms with Crippen LogP contribution in [-0.2, 0) is 0 Å². The smallest absolute Gasteiger partial charge is 0.135 e. The molecule has 1 rings (SSSR count). The average molecular weight is 149 g/mol. The van der Waals surface area contributed by atoms with Gasteiger partial charge in [-0.3, -0.25) is 5.43 Å². The second-order valence-electron chi connectivity index (χ2n) is 2.39. The zero-order valence-electron chi connectivity index (χ0n) is 6.76. The first-order valence-electron chi connectivity index (χ1n) is 3.39. The van der Waals surface area contributed by atoms with Gasteiger partial charge in [0.15, 0.2) is 0 Å². The minimum absolute atomic E-state index is 0.906. The first-order chi connectivity index (χ1) is 5.22. The highest BCUT2D eigenvalue weighted by molar-refractivity contribution is 6.04. The van der Waals surface area contributed by atoms with E-state index in [1.165, 1.54) is 6.34 Å². The summed E-state index contributed by atoms with van der Waals surface area (Å²) < 4.78 is 0. The highest BCUT2D eigenvalue weighted by Crippen LogP contribution is 2.08. The SMILES string of the molecule is C=C1/C(C)=C\N/N=C\N=C/1C. The largest absolute Gasteiger partial charge is 0.284 e. The Balaban J connectivity index is 2.99. The molecule has 0 aliphatic carbocycles. The van der Waals surface area contributed by atoms with Crippen LogP contribution in [0.1, 0.15) is 13.8 Å². The van der Waals surface area contributed by atoms with E-state index in [9.17, 15) is 0 Å². The van der Waals surface area contributed by atoms with Crippen molar-refractivity contribution < 1.29 is 0 Å². The second kappa shape index (κ2) is 3.14. The van der Waals surface area contributed by atoms with Crippen molar-refractivity contribution in [2.24, 2.45) is 10.1 Å². The Bertz CT molecular complexity index is 259. The Hall–Kier alpha value is -1.38. The first kappa shape index (κ1) is 7.72. The predicted molar refractivity (Wildman–Crippen MR) is 47.6 cm³/mol. The van der Waals surface area contributed by atoms with Gasteiger partial charge < -0.3 is 0 Å². The van der Waals surface area contributed by atoms with Crippen LogP contribution in [0.15, 0.2) is 34.0 Å². The molecule has 11 heavy (non-hydrogen) atoms. The highest BCUT2D eigenvalue weighted by atomic mass is 15.3. The summed E-state index contributed by atoms with van der Waals surface area (Å²) in [5.41, 5.74) is 5.64. The third-order valence-corrected chi connectivity index (χ3v) is 1.58. The van der Waals surface area contributed by atoms with E-state index in [-0.39, 0.29) is 0 Å².